The normalized spacial score (nSPS) is 9.88. The van der Waals surface area contributed by atoms with Gasteiger partial charge in [0.05, 0.1) is 5.56 Å². The summed E-state index contributed by atoms with van der Waals surface area (Å²) >= 11 is 0. The number of carboxylic acid groups (broad SMARTS) is 1. The molecule has 0 fully saturated rings. The summed E-state index contributed by atoms with van der Waals surface area (Å²) in [5.41, 5.74) is 0.0729. The first kappa shape index (κ1) is 12.2. The number of halogens is 1. The lowest BCUT2D eigenvalue weighted by Crippen LogP contribution is -2.12. The Morgan fingerprint density at radius 3 is 2.69 bits per heavy atom. The average molecular weight is 226 g/mol. The number of hydrogen-bond acceptors (Lipinski definition) is 3. The number of ketones is 1. The Morgan fingerprint density at radius 1 is 1.44 bits per heavy atom. The average Bonchev–Trinajstić information content (AvgIpc) is 2.26. The van der Waals surface area contributed by atoms with Crippen LogP contribution >= 0.6 is 0 Å². The zero-order valence-corrected chi connectivity index (χ0v) is 8.70. The quantitative estimate of drug-likeness (QED) is 0.778. The predicted molar refractivity (Wildman–Crippen MR) is 54.2 cm³/mol. The maximum atomic E-state index is 12.9. The molecule has 86 valence electrons. The molecule has 5 heteroatoms. The molecule has 0 aliphatic rings. The number of Topliss-reactive ketones (excluding diaryl/α,β-unsaturated/α-hetero) is 1. The van der Waals surface area contributed by atoms with Crippen molar-refractivity contribution < 1.29 is 23.8 Å². The SMILES string of the molecule is CCC(=O)c1cc(F)ccc1OCC(=O)O. The lowest BCUT2D eigenvalue weighted by atomic mass is 10.1. The Hall–Kier alpha value is -1.91. The van der Waals surface area contributed by atoms with Crippen molar-refractivity contribution in [3.63, 3.8) is 0 Å². The van der Waals surface area contributed by atoms with E-state index >= 15 is 0 Å². The van der Waals surface area contributed by atoms with Gasteiger partial charge < -0.3 is 9.84 Å². The predicted octanol–water partition coefficient (Wildman–Crippen LogP) is 1.88. The first-order chi connectivity index (χ1) is 7.54. The lowest BCUT2D eigenvalue weighted by Gasteiger charge is -2.08. The minimum Gasteiger partial charge on any atom is -0.481 e. The zero-order chi connectivity index (χ0) is 12.1. The number of rotatable bonds is 5. The second-order valence-corrected chi connectivity index (χ2v) is 3.10. The molecule has 0 radical (unpaired) electrons. The molecule has 1 aromatic rings. The summed E-state index contributed by atoms with van der Waals surface area (Å²) in [5, 5.41) is 8.43. The fourth-order valence-corrected chi connectivity index (χ4v) is 1.18. The van der Waals surface area contributed by atoms with Crippen LogP contribution in [0.1, 0.15) is 23.7 Å². The molecule has 0 spiro atoms. The molecule has 0 heterocycles. The number of ether oxygens (including phenoxy) is 1. The van der Waals surface area contributed by atoms with E-state index < -0.39 is 18.4 Å². The molecule has 0 aliphatic carbocycles. The van der Waals surface area contributed by atoms with E-state index in [9.17, 15) is 14.0 Å². The van der Waals surface area contributed by atoms with Gasteiger partial charge in [-0.1, -0.05) is 6.92 Å². The fourth-order valence-electron chi connectivity index (χ4n) is 1.18. The highest BCUT2D eigenvalue weighted by Gasteiger charge is 2.13. The van der Waals surface area contributed by atoms with Crippen LogP contribution in [-0.4, -0.2) is 23.5 Å². The number of benzene rings is 1. The van der Waals surface area contributed by atoms with Gasteiger partial charge in [-0.2, -0.15) is 0 Å². The monoisotopic (exact) mass is 226 g/mol. The molecular formula is C11H11FO4. The smallest absolute Gasteiger partial charge is 0.341 e. The highest BCUT2D eigenvalue weighted by Crippen LogP contribution is 2.21. The summed E-state index contributed by atoms with van der Waals surface area (Å²) in [4.78, 5) is 21.7. The maximum Gasteiger partial charge on any atom is 0.341 e. The van der Waals surface area contributed by atoms with Crippen molar-refractivity contribution in [3.05, 3.63) is 29.6 Å². The van der Waals surface area contributed by atoms with Gasteiger partial charge in [-0.05, 0) is 18.2 Å². The lowest BCUT2D eigenvalue weighted by molar-refractivity contribution is -0.139. The molecule has 0 aromatic heterocycles. The van der Waals surface area contributed by atoms with E-state index in [-0.39, 0.29) is 23.5 Å². The molecule has 1 aromatic carbocycles. The molecule has 0 unspecified atom stereocenters. The van der Waals surface area contributed by atoms with E-state index in [0.717, 1.165) is 12.1 Å². The van der Waals surface area contributed by atoms with Gasteiger partial charge in [0, 0.05) is 6.42 Å². The van der Waals surface area contributed by atoms with Gasteiger partial charge in [0.15, 0.2) is 12.4 Å². The van der Waals surface area contributed by atoms with Gasteiger partial charge in [-0.15, -0.1) is 0 Å². The summed E-state index contributed by atoms with van der Waals surface area (Å²) in [6.07, 6.45) is 0.201. The van der Waals surface area contributed by atoms with E-state index in [4.69, 9.17) is 9.84 Å². The molecule has 1 rings (SSSR count). The van der Waals surface area contributed by atoms with Crippen LogP contribution in [0, 0.1) is 5.82 Å². The molecule has 0 saturated carbocycles. The third kappa shape index (κ3) is 3.05. The third-order valence-corrected chi connectivity index (χ3v) is 1.91. The van der Waals surface area contributed by atoms with Crippen molar-refractivity contribution in [2.45, 2.75) is 13.3 Å². The van der Waals surface area contributed by atoms with Crippen LogP contribution in [0.5, 0.6) is 5.75 Å². The van der Waals surface area contributed by atoms with Crippen LogP contribution in [0.4, 0.5) is 4.39 Å². The van der Waals surface area contributed by atoms with Crippen LogP contribution in [-0.2, 0) is 4.79 Å². The largest absolute Gasteiger partial charge is 0.481 e. The topological polar surface area (TPSA) is 63.6 Å². The summed E-state index contributed by atoms with van der Waals surface area (Å²) in [5.74, 6) is -1.91. The first-order valence-corrected chi connectivity index (χ1v) is 4.72. The van der Waals surface area contributed by atoms with E-state index in [1.807, 2.05) is 0 Å². The van der Waals surface area contributed by atoms with Gasteiger partial charge in [0.1, 0.15) is 11.6 Å². The van der Waals surface area contributed by atoms with Crippen LogP contribution in [0.25, 0.3) is 0 Å². The molecule has 0 atom stereocenters. The first-order valence-electron chi connectivity index (χ1n) is 4.72. The Bertz CT molecular complexity index is 414. The summed E-state index contributed by atoms with van der Waals surface area (Å²) in [6.45, 7) is 1.07. The van der Waals surface area contributed by atoms with Gasteiger partial charge in [0.25, 0.3) is 0 Å². The molecule has 0 aliphatic heterocycles. The Balaban J connectivity index is 2.98. The van der Waals surface area contributed by atoms with Crippen molar-refractivity contribution in [1.82, 2.24) is 0 Å². The van der Waals surface area contributed by atoms with Crippen molar-refractivity contribution in [2.24, 2.45) is 0 Å². The minimum atomic E-state index is -1.15. The molecule has 0 saturated heterocycles. The highest BCUT2D eigenvalue weighted by atomic mass is 19.1. The molecule has 16 heavy (non-hydrogen) atoms. The van der Waals surface area contributed by atoms with Crippen LogP contribution in [0.15, 0.2) is 18.2 Å². The van der Waals surface area contributed by atoms with Crippen molar-refractivity contribution in [2.75, 3.05) is 6.61 Å². The zero-order valence-electron chi connectivity index (χ0n) is 8.70. The van der Waals surface area contributed by atoms with Crippen LogP contribution < -0.4 is 4.74 Å². The minimum absolute atomic E-state index is 0.0729. The van der Waals surface area contributed by atoms with Crippen molar-refractivity contribution >= 4 is 11.8 Å². The van der Waals surface area contributed by atoms with E-state index in [2.05, 4.69) is 0 Å². The standard InChI is InChI=1S/C11H11FO4/c1-2-9(13)8-5-7(12)3-4-10(8)16-6-11(14)15/h3-5H,2,6H2,1H3,(H,14,15). The van der Waals surface area contributed by atoms with Crippen LogP contribution in [0.3, 0.4) is 0 Å². The van der Waals surface area contributed by atoms with Crippen molar-refractivity contribution in [1.29, 1.82) is 0 Å². The summed E-state index contributed by atoms with van der Waals surface area (Å²) in [6, 6.07) is 3.41. The number of carboxylic acids is 1. The van der Waals surface area contributed by atoms with Crippen molar-refractivity contribution in [3.8, 4) is 5.75 Å². The van der Waals surface area contributed by atoms with E-state index in [1.165, 1.54) is 6.07 Å². The third-order valence-electron chi connectivity index (χ3n) is 1.91. The summed E-state index contributed by atoms with van der Waals surface area (Å²) < 4.78 is 17.8. The van der Waals surface area contributed by atoms with Gasteiger partial charge >= 0.3 is 5.97 Å². The second-order valence-electron chi connectivity index (χ2n) is 3.10. The molecule has 0 bridgehead atoms. The number of hydrogen-bond donors (Lipinski definition) is 1. The highest BCUT2D eigenvalue weighted by molar-refractivity contribution is 5.98. The maximum absolute atomic E-state index is 12.9. The second kappa shape index (κ2) is 5.25. The van der Waals surface area contributed by atoms with Gasteiger partial charge in [0.2, 0.25) is 0 Å². The van der Waals surface area contributed by atoms with E-state index in [1.54, 1.807) is 6.92 Å². The molecule has 0 amide bonds. The molecular weight excluding hydrogens is 215 g/mol. The fraction of sp³-hybridized carbons (Fsp3) is 0.273. The van der Waals surface area contributed by atoms with Crippen LogP contribution in [0.2, 0.25) is 0 Å². The van der Waals surface area contributed by atoms with E-state index in [0.29, 0.717) is 0 Å². The number of carbonyl (C=O) groups excluding carboxylic acids is 1. The number of carbonyl (C=O) groups is 2. The Kier molecular flexibility index (Phi) is 3.99. The van der Waals surface area contributed by atoms with Gasteiger partial charge in [-0.25, -0.2) is 9.18 Å². The number of aliphatic carboxylic acids is 1. The summed E-state index contributed by atoms with van der Waals surface area (Å²) in [7, 11) is 0. The Labute approximate surface area is 91.7 Å². The van der Waals surface area contributed by atoms with Gasteiger partial charge in [-0.3, -0.25) is 4.79 Å². The molecule has 1 N–H and O–H groups in total. The Morgan fingerprint density at radius 2 is 2.12 bits per heavy atom. The molecule has 4 nitrogen and oxygen atoms in total.